The zero-order valence-corrected chi connectivity index (χ0v) is 16.3. The third-order valence-electron chi connectivity index (χ3n) is 5.06. The van der Waals surface area contributed by atoms with Gasteiger partial charge in [0.2, 0.25) is 0 Å². The van der Waals surface area contributed by atoms with Gasteiger partial charge in [-0.2, -0.15) is 13.2 Å². The van der Waals surface area contributed by atoms with Gasteiger partial charge < -0.3 is 9.64 Å². The third kappa shape index (κ3) is 4.17. The summed E-state index contributed by atoms with van der Waals surface area (Å²) in [6.07, 6.45) is -4.57. The molecule has 0 radical (unpaired) electrons. The number of carbonyl (C=O) groups excluding carboxylic acids is 1. The summed E-state index contributed by atoms with van der Waals surface area (Å²) in [7, 11) is 0. The molecule has 3 aromatic rings. The Bertz CT molecular complexity index is 1050. The van der Waals surface area contributed by atoms with E-state index >= 15 is 0 Å². The number of nitrogens with zero attached hydrogens (tertiary/aromatic N) is 1. The second-order valence-corrected chi connectivity index (χ2v) is 7.39. The molecule has 0 saturated carbocycles. The maximum atomic E-state index is 13.3. The average molecular weight is 411 g/mol. The molecule has 0 spiro atoms. The van der Waals surface area contributed by atoms with Gasteiger partial charge in [-0.3, -0.25) is 4.79 Å². The van der Waals surface area contributed by atoms with Crippen LogP contribution in [-0.2, 0) is 12.7 Å². The predicted molar refractivity (Wildman–Crippen MR) is 108 cm³/mol. The molecule has 6 heteroatoms. The molecule has 0 aliphatic carbocycles. The number of ether oxygens (including phenoxy) is 1. The quantitative estimate of drug-likeness (QED) is 0.546. The Kier molecular flexibility index (Phi) is 5.24. The van der Waals surface area contributed by atoms with Crippen LogP contribution in [0.5, 0.6) is 5.75 Å². The van der Waals surface area contributed by atoms with E-state index in [9.17, 15) is 18.0 Å². The largest absolute Gasteiger partial charge is 0.488 e. The van der Waals surface area contributed by atoms with Gasteiger partial charge in [0.25, 0.3) is 5.91 Å². The molecule has 0 N–H and O–H groups in total. The van der Waals surface area contributed by atoms with E-state index in [0.29, 0.717) is 35.5 Å². The van der Waals surface area contributed by atoms with Crippen LogP contribution in [-0.4, -0.2) is 23.5 Å². The molecular formula is C24H20F3NO2. The lowest BCUT2D eigenvalue weighted by Crippen LogP contribution is -2.35. The van der Waals surface area contributed by atoms with Crippen molar-refractivity contribution in [2.24, 2.45) is 0 Å². The van der Waals surface area contributed by atoms with Crippen molar-refractivity contribution in [1.29, 1.82) is 0 Å². The summed E-state index contributed by atoms with van der Waals surface area (Å²) in [5.74, 6) is 0.325. The highest BCUT2D eigenvalue weighted by molar-refractivity contribution is 5.98. The van der Waals surface area contributed by atoms with Crippen molar-refractivity contribution in [2.75, 3.05) is 6.54 Å². The highest BCUT2D eigenvalue weighted by Crippen LogP contribution is 2.33. The predicted octanol–water partition coefficient (Wildman–Crippen LogP) is 5.80. The number of benzene rings is 3. The number of hydrogen-bond acceptors (Lipinski definition) is 2. The summed E-state index contributed by atoms with van der Waals surface area (Å²) in [6, 6.07) is 19.8. The van der Waals surface area contributed by atoms with E-state index in [2.05, 4.69) is 0 Å². The Morgan fingerprint density at radius 1 is 0.967 bits per heavy atom. The lowest BCUT2D eigenvalue weighted by Gasteiger charge is -2.22. The molecule has 0 unspecified atom stereocenters. The molecule has 4 rings (SSSR count). The van der Waals surface area contributed by atoms with Crippen molar-refractivity contribution < 1.29 is 22.7 Å². The van der Waals surface area contributed by atoms with Crippen LogP contribution in [0.1, 0.15) is 28.4 Å². The molecule has 1 amide bonds. The van der Waals surface area contributed by atoms with E-state index in [0.717, 1.165) is 17.7 Å². The molecule has 3 aromatic carbocycles. The highest BCUT2D eigenvalue weighted by atomic mass is 19.4. The Balaban J connectivity index is 1.66. The molecule has 0 aromatic heterocycles. The fraction of sp³-hybridized carbons (Fsp3) is 0.208. The third-order valence-corrected chi connectivity index (χ3v) is 5.06. The molecule has 1 heterocycles. The van der Waals surface area contributed by atoms with Gasteiger partial charge in [0, 0.05) is 6.54 Å². The molecule has 154 valence electrons. The number of fused-ring (bicyclic) bond motifs is 1. The Labute approximate surface area is 172 Å². The van der Waals surface area contributed by atoms with Crippen LogP contribution < -0.4 is 4.74 Å². The zero-order valence-electron chi connectivity index (χ0n) is 16.3. The van der Waals surface area contributed by atoms with E-state index in [1.54, 1.807) is 23.1 Å². The number of amides is 1. The minimum atomic E-state index is -4.38. The van der Waals surface area contributed by atoms with E-state index in [1.807, 2.05) is 37.3 Å². The van der Waals surface area contributed by atoms with E-state index in [1.165, 1.54) is 12.1 Å². The Hall–Kier alpha value is -3.28. The van der Waals surface area contributed by atoms with E-state index in [-0.39, 0.29) is 12.0 Å². The summed E-state index contributed by atoms with van der Waals surface area (Å²) in [5.41, 5.74) is 1.98. The molecule has 1 atom stereocenters. The summed E-state index contributed by atoms with van der Waals surface area (Å²) in [4.78, 5) is 15.0. The fourth-order valence-electron chi connectivity index (χ4n) is 3.59. The molecule has 0 fully saturated rings. The van der Waals surface area contributed by atoms with Crippen molar-refractivity contribution in [3.05, 3.63) is 89.5 Å². The van der Waals surface area contributed by atoms with Gasteiger partial charge in [0.1, 0.15) is 11.9 Å². The average Bonchev–Trinajstić information content (AvgIpc) is 2.84. The minimum Gasteiger partial charge on any atom is -0.488 e. The number of hydrogen-bond donors (Lipinski definition) is 0. The van der Waals surface area contributed by atoms with Gasteiger partial charge >= 0.3 is 6.18 Å². The maximum absolute atomic E-state index is 13.3. The second kappa shape index (κ2) is 7.86. The van der Waals surface area contributed by atoms with Gasteiger partial charge in [-0.25, -0.2) is 0 Å². The molecule has 1 aliphatic heterocycles. The second-order valence-electron chi connectivity index (χ2n) is 7.39. The Morgan fingerprint density at radius 2 is 1.63 bits per heavy atom. The first-order valence-corrected chi connectivity index (χ1v) is 9.63. The molecule has 1 aliphatic rings. The van der Waals surface area contributed by atoms with E-state index < -0.39 is 11.7 Å². The Morgan fingerprint density at radius 3 is 2.30 bits per heavy atom. The lowest BCUT2D eigenvalue weighted by atomic mass is 10.0. The van der Waals surface area contributed by atoms with Crippen molar-refractivity contribution >= 4 is 5.91 Å². The van der Waals surface area contributed by atoms with E-state index in [4.69, 9.17) is 4.74 Å². The van der Waals surface area contributed by atoms with Gasteiger partial charge in [-0.1, -0.05) is 48.5 Å². The first-order valence-electron chi connectivity index (χ1n) is 9.63. The van der Waals surface area contributed by atoms with Crippen LogP contribution in [0, 0.1) is 0 Å². The highest BCUT2D eigenvalue weighted by Gasteiger charge is 2.30. The SMILES string of the molecule is C[C@H]1CN(Cc2ccccc2)C(=O)c2cc(-c3ccc(C(F)(F)F)cc3)ccc2O1. The van der Waals surface area contributed by atoms with Crippen molar-refractivity contribution in [3.63, 3.8) is 0 Å². The molecule has 0 saturated heterocycles. The van der Waals surface area contributed by atoms with Crippen LogP contribution in [0.2, 0.25) is 0 Å². The first kappa shape index (κ1) is 20.0. The minimum absolute atomic E-state index is 0.160. The molecule has 0 bridgehead atoms. The fourth-order valence-corrected chi connectivity index (χ4v) is 3.59. The summed E-state index contributed by atoms with van der Waals surface area (Å²) < 4.78 is 44.4. The van der Waals surface area contributed by atoms with Gasteiger partial charge in [-0.05, 0) is 47.9 Å². The summed E-state index contributed by atoms with van der Waals surface area (Å²) in [5, 5.41) is 0. The maximum Gasteiger partial charge on any atom is 0.416 e. The first-order chi connectivity index (χ1) is 14.3. The standard InChI is InChI=1S/C24H20F3NO2/c1-16-14-28(15-17-5-3-2-4-6-17)23(29)21-13-19(9-12-22(21)30-16)18-7-10-20(11-8-18)24(25,26)27/h2-13,16H,14-15H2,1H3/t16-/m0/s1. The van der Waals surface area contributed by atoms with Crippen molar-refractivity contribution in [3.8, 4) is 16.9 Å². The molecule has 30 heavy (non-hydrogen) atoms. The van der Waals surface area contributed by atoms with Gasteiger partial charge in [-0.15, -0.1) is 0 Å². The number of halogens is 3. The van der Waals surface area contributed by atoms with Crippen LogP contribution in [0.15, 0.2) is 72.8 Å². The van der Waals surface area contributed by atoms with Crippen LogP contribution in [0.25, 0.3) is 11.1 Å². The molecule has 3 nitrogen and oxygen atoms in total. The number of carbonyl (C=O) groups is 1. The topological polar surface area (TPSA) is 29.5 Å². The molecular weight excluding hydrogens is 391 g/mol. The van der Waals surface area contributed by atoms with Gasteiger partial charge in [0.05, 0.1) is 17.7 Å². The summed E-state index contributed by atoms with van der Waals surface area (Å²) >= 11 is 0. The monoisotopic (exact) mass is 411 g/mol. The van der Waals surface area contributed by atoms with Crippen LogP contribution in [0.4, 0.5) is 13.2 Å². The summed E-state index contributed by atoms with van der Waals surface area (Å²) in [6.45, 7) is 2.81. The lowest BCUT2D eigenvalue weighted by molar-refractivity contribution is -0.137. The van der Waals surface area contributed by atoms with Crippen molar-refractivity contribution in [2.45, 2.75) is 25.7 Å². The smallest absolute Gasteiger partial charge is 0.416 e. The number of alkyl halides is 3. The normalized spacial score (nSPS) is 16.6. The van der Waals surface area contributed by atoms with Crippen LogP contribution >= 0.6 is 0 Å². The number of rotatable bonds is 3. The van der Waals surface area contributed by atoms with Crippen LogP contribution in [0.3, 0.4) is 0 Å². The van der Waals surface area contributed by atoms with Crippen molar-refractivity contribution in [1.82, 2.24) is 4.90 Å². The van der Waals surface area contributed by atoms with Gasteiger partial charge in [0.15, 0.2) is 0 Å². The zero-order chi connectivity index (χ0) is 21.3.